The molecule has 1 aromatic rings. The molecule has 84 valence electrons. The second-order valence-electron chi connectivity index (χ2n) is 4.46. The molecule has 1 rings (SSSR count). The summed E-state index contributed by atoms with van der Waals surface area (Å²) in [5.74, 6) is 0.508. The van der Waals surface area contributed by atoms with E-state index in [4.69, 9.17) is 5.73 Å². The highest BCUT2D eigenvalue weighted by molar-refractivity contribution is 7.85. The van der Waals surface area contributed by atoms with Crippen LogP contribution in [0.1, 0.15) is 32.0 Å². The zero-order valence-corrected chi connectivity index (χ0v) is 10.3. The molecule has 0 saturated heterocycles. The van der Waals surface area contributed by atoms with Crippen molar-refractivity contribution >= 4 is 10.8 Å². The van der Waals surface area contributed by atoms with E-state index in [2.05, 4.69) is 4.98 Å². The fourth-order valence-corrected chi connectivity index (χ4v) is 1.88. The molecule has 0 aliphatic heterocycles. The maximum Gasteiger partial charge on any atom is 0.0664 e. The first kappa shape index (κ1) is 12.3. The highest BCUT2D eigenvalue weighted by Crippen LogP contribution is 2.15. The molecule has 0 aliphatic carbocycles. The van der Waals surface area contributed by atoms with Crippen molar-refractivity contribution in [1.82, 2.24) is 4.98 Å². The number of nitrogens with two attached hydrogens (primary N) is 1. The second kappa shape index (κ2) is 4.86. The molecule has 3 nitrogen and oxygen atoms in total. The smallest absolute Gasteiger partial charge is 0.0664 e. The van der Waals surface area contributed by atoms with Gasteiger partial charge < -0.3 is 5.73 Å². The van der Waals surface area contributed by atoms with Gasteiger partial charge in [0.05, 0.1) is 11.4 Å². The molecule has 4 heteroatoms. The van der Waals surface area contributed by atoms with Crippen molar-refractivity contribution in [2.45, 2.75) is 37.8 Å². The number of hydrogen-bond acceptors (Lipinski definition) is 3. The molecule has 15 heavy (non-hydrogen) atoms. The van der Waals surface area contributed by atoms with Crippen LogP contribution in [0.15, 0.2) is 18.3 Å². The Labute approximate surface area is 93.6 Å². The average molecular weight is 226 g/mol. The topological polar surface area (TPSA) is 56.0 Å². The number of pyridine rings is 1. The lowest BCUT2D eigenvalue weighted by Crippen LogP contribution is -2.23. The zero-order valence-electron chi connectivity index (χ0n) is 9.49. The Balaban J connectivity index is 2.70. The van der Waals surface area contributed by atoms with Gasteiger partial charge in [-0.3, -0.25) is 9.19 Å². The van der Waals surface area contributed by atoms with E-state index in [9.17, 15) is 4.21 Å². The van der Waals surface area contributed by atoms with Crippen LogP contribution in [0.3, 0.4) is 0 Å². The van der Waals surface area contributed by atoms with Crippen molar-refractivity contribution in [3.63, 3.8) is 0 Å². The summed E-state index contributed by atoms with van der Waals surface area (Å²) in [6.45, 7) is 6.40. The van der Waals surface area contributed by atoms with Crippen molar-refractivity contribution in [1.29, 1.82) is 0 Å². The van der Waals surface area contributed by atoms with E-state index in [1.165, 1.54) is 0 Å². The largest absolute Gasteiger partial charge is 0.326 e. The van der Waals surface area contributed by atoms with E-state index in [1.807, 2.05) is 32.9 Å². The summed E-state index contributed by atoms with van der Waals surface area (Å²) >= 11 is 0. The predicted octanol–water partition coefficient (Wildman–Crippen LogP) is 1.59. The van der Waals surface area contributed by atoms with Crippen molar-refractivity contribution in [2.75, 3.05) is 0 Å². The third-order valence-corrected chi connectivity index (χ3v) is 4.01. The number of nitrogens with zero attached hydrogens (tertiary/aromatic N) is 1. The monoisotopic (exact) mass is 226 g/mol. The summed E-state index contributed by atoms with van der Waals surface area (Å²) in [4.78, 5) is 4.23. The highest BCUT2D eigenvalue weighted by atomic mass is 32.2. The highest BCUT2D eigenvalue weighted by Gasteiger charge is 2.19. The lowest BCUT2D eigenvalue weighted by atomic mass is 10.2. The molecule has 0 spiro atoms. The Hall–Kier alpha value is -0.740. The number of aromatic nitrogens is 1. The van der Waals surface area contributed by atoms with Crippen LogP contribution < -0.4 is 5.73 Å². The van der Waals surface area contributed by atoms with Gasteiger partial charge in [-0.2, -0.15) is 0 Å². The average Bonchev–Trinajstić information content (AvgIpc) is 2.17. The Bertz CT molecular complexity index is 341. The molecule has 1 heterocycles. The van der Waals surface area contributed by atoms with Crippen LogP contribution in [0.25, 0.3) is 0 Å². The molecule has 1 atom stereocenters. The van der Waals surface area contributed by atoms with E-state index >= 15 is 0 Å². The van der Waals surface area contributed by atoms with Gasteiger partial charge in [0.15, 0.2) is 0 Å². The third-order valence-electron chi connectivity index (χ3n) is 2.08. The molecular weight excluding hydrogens is 208 g/mol. The van der Waals surface area contributed by atoms with Crippen LogP contribution in [0.2, 0.25) is 0 Å². The first-order valence-corrected chi connectivity index (χ1v) is 6.27. The van der Waals surface area contributed by atoms with Gasteiger partial charge in [-0.25, -0.2) is 0 Å². The van der Waals surface area contributed by atoms with Crippen LogP contribution in [-0.2, 0) is 23.1 Å². The summed E-state index contributed by atoms with van der Waals surface area (Å²) in [5, 5.41) is 0. The zero-order chi connectivity index (χ0) is 11.5. The molecular formula is C11H18N2OS. The SMILES string of the molecule is CC(C)(C)S(=O)Cc1ccc(CN)cn1. The van der Waals surface area contributed by atoms with Gasteiger partial charge in [-0.05, 0) is 32.4 Å². The van der Waals surface area contributed by atoms with Crippen molar-refractivity contribution < 1.29 is 4.21 Å². The van der Waals surface area contributed by atoms with E-state index < -0.39 is 10.8 Å². The van der Waals surface area contributed by atoms with Crippen molar-refractivity contribution in [2.24, 2.45) is 5.73 Å². The van der Waals surface area contributed by atoms with Gasteiger partial charge in [0, 0.05) is 28.3 Å². The molecule has 2 N–H and O–H groups in total. The minimum Gasteiger partial charge on any atom is -0.326 e. The number of hydrogen-bond donors (Lipinski definition) is 1. The van der Waals surface area contributed by atoms with E-state index in [0.717, 1.165) is 11.3 Å². The summed E-state index contributed by atoms with van der Waals surface area (Å²) < 4.78 is 11.6. The van der Waals surface area contributed by atoms with Gasteiger partial charge >= 0.3 is 0 Å². The minimum atomic E-state index is -0.891. The Morgan fingerprint density at radius 1 is 1.40 bits per heavy atom. The fraction of sp³-hybridized carbons (Fsp3) is 0.545. The van der Waals surface area contributed by atoms with Crippen LogP contribution in [0, 0.1) is 0 Å². The number of rotatable bonds is 3. The van der Waals surface area contributed by atoms with E-state index in [-0.39, 0.29) is 4.75 Å². The van der Waals surface area contributed by atoms with E-state index in [1.54, 1.807) is 6.20 Å². The first-order chi connectivity index (χ1) is 6.93. The molecule has 1 aromatic heterocycles. The molecule has 1 unspecified atom stereocenters. The van der Waals surface area contributed by atoms with E-state index in [0.29, 0.717) is 12.3 Å². The van der Waals surface area contributed by atoms with Crippen LogP contribution in [0.5, 0.6) is 0 Å². The molecule has 0 aliphatic rings. The van der Waals surface area contributed by atoms with Crippen LogP contribution in [0.4, 0.5) is 0 Å². The summed E-state index contributed by atoms with van der Waals surface area (Å²) in [5.41, 5.74) is 7.33. The summed E-state index contributed by atoms with van der Waals surface area (Å²) in [7, 11) is -0.891. The Morgan fingerprint density at radius 2 is 2.07 bits per heavy atom. The maximum absolute atomic E-state index is 11.8. The molecule has 0 radical (unpaired) electrons. The minimum absolute atomic E-state index is 0.186. The molecule has 0 amide bonds. The van der Waals surface area contributed by atoms with Crippen molar-refractivity contribution in [3.8, 4) is 0 Å². The Morgan fingerprint density at radius 3 is 2.47 bits per heavy atom. The molecule has 0 fully saturated rings. The lowest BCUT2D eigenvalue weighted by Gasteiger charge is -2.17. The molecule has 0 saturated carbocycles. The fourth-order valence-electron chi connectivity index (χ4n) is 1.01. The van der Waals surface area contributed by atoms with Gasteiger partial charge in [0.25, 0.3) is 0 Å². The molecule has 0 bridgehead atoms. The van der Waals surface area contributed by atoms with Crippen LogP contribution >= 0.6 is 0 Å². The third kappa shape index (κ3) is 3.72. The first-order valence-electron chi connectivity index (χ1n) is 4.96. The quantitative estimate of drug-likeness (QED) is 0.851. The lowest BCUT2D eigenvalue weighted by molar-refractivity contribution is 0.647. The maximum atomic E-state index is 11.8. The van der Waals surface area contributed by atoms with Gasteiger partial charge in [-0.1, -0.05) is 6.07 Å². The van der Waals surface area contributed by atoms with Crippen LogP contribution in [-0.4, -0.2) is 13.9 Å². The Kier molecular flexibility index (Phi) is 3.99. The summed E-state index contributed by atoms with van der Waals surface area (Å²) in [6, 6.07) is 3.83. The van der Waals surface area contributed by atoms with Gasteiger partial charge in [-0.15, -0.1) is 0 Å². The predicted molar refractivity (Wildman–Crippen MR) is 63.7 cm³/mol. The summed E-state index contributed by atoms with van der Waals surface area (Å²) in [6.07, 6.45) is 1.75. The standard InChI is InChI=1S/C11H18N2OS/c1-11(2,3)15(14)8-10-5-4-9(6-12)7-13-10/h4-5,7H,6,8,12H2,1-3H3. The molecule has 0 aromatic carbocycles. The van der Waals surface area contributed by atoms with Gasteiger partial charge in [0.2, 0.25) is 0 Å². The normalized spacial score (nSPS) is 13.9. The second-order valence-corrected chi connectivity index (χ2v) is 6.67. The van der Waals surface area contributed by atoms with Crippen molar-refractivity contribution in [3.05, 3.63) is 29.6 Å². The van der Waals surface area contributed by atoms with Gasteiger partial charge in [0.1, 0.15) is 0 Å².